The molecule has 0 bridgehead atoms. The van der Waals surface area contributed by atoms with Crippen LogP contribution in [0.15, 0.2) is 6.20 Å². The van der Waals surface area contributed by atoms with Gasteiger partial charge in [-0.05, 0) is 27.3 Å². The number of halogens is 1. The molecule has 0 spiro atoms. The van der Waals surface area contributed by atoms with Gasteiger partial charge in [0, 0.05) is 25.2 Å². The lowest BCUT2D eigenvalue weighted by Gasteiger charge is -2.47. The molecule has 0 radical (unpaired) electrons. The molecule has 0 aliphatic carbocycles. The van der Waals surface area contributed by atoms with Gasteiger partial charge >= 0.3 is 0 Å². The van der Waals surface area contributed by atoms with Gasteiger partial charge in [0.15, 0.2) is 0 Å². The summed E-state index contributed by atoms with van der Waals surface area (Å²) >= 11 is 6.43. The van der Waals surface area contributed by atoms with Crippen LogP contribution in [0.3, 0.4) is 0 Å². The van der Waals surface area contributed by atoms with Gasteiger partial charge in [-0.1, -0.05) is 18.5 Å². The van der Waals surface area contributed by atoms with Gasteiger partial charge < -0.3 is 10.1 Å². The number of hydrogen-bond donors (Lipinski definition) is 1. The third-order valence-electron chi connectivity index (χ3n) is 4.77. The Morgan fingerprint density at radius 1 is 1.43 bits per heavy atom. The van der Waals surface area contributed by atoms with E-state index < -0.39 is 0 Å². The monoisotopic (exact) mass is 314 g/mol. The summed E-state index contributed by atoms with van der Waals surface area (Å²) in [6.07, 6.45) is 2.78. The Kier molecular flexibility index (Phi) is 5.66. The van der Waals surface area contributed by atoms with E-state index in [1.54, 1.807) is 6.20 Å². The summed E-state index contributed by atoms with van der Waals surface area (Å²) in [6.45, 7) is 11.0. The smallest absolute Gasteiger partial charge is 0.0834 e. The molecule has 1 fully saturated rings. The first kappa shape index (κ1) is 16.7. The first-order chi connectivity index (χ1) is 10.1. The average Bonchev–Trinajstić information content (AvgIpc) is 2.89. The van der Waals surface area contributed by atoms with Gasteiger partial charge in [0.1, 0.15) is 0 Å². The predicted octanol–water partition coefficient (Wildman–Crippen LogP) is 2.32. The summed E-state index contributed by atoms with van der Waals surface area (Å²) in [6, 6.07) is 0.135. The molecule has 1 N–H and O–H groups in total. The second kappa shape index (κ2) is 7.09. The minimum absolute atomic E-state index is 0.0187. The second-order valence-corrected chi connectivity index (χ2v) is 6.13. The highest BCUT2D eigenvalue weighted by Gasteiger charge is 2.41. The van der Waals surface area contributed by atoms with Crippen molar-refractivity contribution >= 4 is 11.6 Å². The second-order valence-electron chi connectivity index (χ2n) is 5.73. The number of hydrogen-bond acceptors (Lipinski definition) is 4. The number of rotatable bonds is 6. The van der Waals surface area contributed by atoms with Crippen LogP contribution in [0.2, 0.25) is 5.02 Å². The number of aromatic nitrogens is 2. The molecule has 2 unspecified atom stereocenters. The fourth-order valence-corrected chi connectivity index (χ4v) is 3.59. The summed E-state index contributed by atoms with van der Waals surface area (Å²) in [7, 11) is 2.00. The van der Waals surface area contributed by atoms with Crippen molar-refractivity contribution in [1.82, 2.24) is 20.0 Å². The van der Waals surface area contributed by atoms with E-state index in [2.05, 4.69) is 36.1 Å². The molecule has 120 valence electrons. The molecule has 1 aliphatic rings. The van der Waals surface area contributed by atoms with Gasteiger partial charge in [-0.15, -0.1) is 0 Å². The van der Waals surface area contributed by atoms with Crippen molar-refractivity contribution in [3.8, 4) is 0 Å². The Balaban J connectivity index is 2.38. The number of nitrogens with zero attached hydrogens (tertiary/aromatic N) is 3. The standard InChI is InChI=1S/C15H27ClN4O/c1-5-15(3,19-7-9-21-10-8-19)14(17-4)13-12(16)11-18-20(13)6-2/h11,14,17H,5-10H2,1-4H3. The van der Waals surface area contributed by atoms with Crippen LogP contribution >= 0.6 is 11.6 Å². The quantitative estimate of drug-likeness (QED) is 0.875. The molecule has 1 aromatic rings. The van der Waals surface area contributed by atoms with Crippen LogP contribution in [0.1, 0.15) is 38.9 Å². The van der Waals surface area contributed by atoms with Crippen LogP contribution in [0, 0.1) is 0 Å². The van der Waals surface area contributed by atoms with Gasteiger partial charge in [-0.3, -0.25) is 9.58 Å². The van der Waals surface area contributed by atoms with Gasteiger partial charge in [0.2, 0.25) is 0 Å². The highest BCUT2D eigenvalue weighted by atomic mass is 35.5. The van der Waals surface area contributed by atoms with Crippen molar-refractivity contribution in [3.05, 3.63) is 16.9 Å². The maximum absolute atomic E-state index is 6.43. The molecule has 2 heterocycles. The number of ether oxygens (including phenoxy) is 1. The van der Waals surface area contributed by atoms with Crippen molar-refractivity contribution in [3.63, 3.8) is 0 Å². The van der Waals surface area contributed by atoms with Crippen LogP contribution in [-0.4, -0.2) is 53.6 Å². The van der Waals surface area contributed by atoms with Crippen LogP contribution < -0.4 is 5.32 Å². The summed E-state index contributed by atoms with van der Waals surface area (Å²) in [5.74, 6) is 0. The Bertz CT molecular complexity index is 459. The van der Waals surface area contributed by atoms with Crippen LogP contribution in [0.4, 0.5) is 0 Å². The molecule has 2 atom stereocenters. The molecule has 0 amide bonds. The number of likely N-dealkylation sites (N-methyl/N-ethyl adjacent to an activating group) is 1. The fourth-order valence-electron chi connectivity index (χ4n) is 3.34. The van der Waals surface area contributed by atoms with E-state index in [9.17, 15) is 0 Å². The van der Waals surface area contributed by atoms with Gasteiger partial charge in [-0.2, -0.15) is 5.10 Å². The lowest BCUT2D eigenvalue weighted by Crippen LogP contribution is -2.57. The van der Waals surface area contributed by atoms with Crippen LogP contribution in [0.5, 0.6) is 0 Å². The molecular weight excluding hydrogens is 288 g/mol. The van der Waals surface area contributed by atoms with Crippen molar-refractivity contribution in [2.75, 3.05) is 33.4 Å². The number of aryl methyl sites for hydroxylation is 1. The molecule has 1 aromatic heterocycles. The normalized spacial score (nSPS) is 21.2. The lowest BCUT2D eigenvalue weighted by atomic mass is 9.84. The topological polar surface area (TPSA) is 42.3 Å². The first-order valence-corrected chi connectivity index (χ1v) is 8.17. The Hall–Kier alpha value is -0.620. The zero-order valence-corrected chi connectivity index (χ0v) is 14.3. The van der Waals surface area contributed by atoms with E-state index in [4.69, 9.17) is 16.3 Å². The van der Waals surface area contributed by atoms with E-state index in [-0.39, 0.29) is 11.6 Å². The maximum atomic E-state index is 6.43. The molecular formula is C15H27ClN4O. The van der Waals surface area contributed by atoms with E-state index in [0.29, 0.717) is 0 Å². The minimum Gasteiger partial charge on any atom is -0.379 e. The third-order valence-corrected chi connectivity index (χ3v) is 5.06. The zero-order valence-electron chi connectivity index (χ0n) is 13.5. The maximum Gasteiger partial charge on any atom is 0.0834 e. The van der Waals surface area contributed by atoms with E-state index in [1.807, 2.05) is 11.7 Å². The largest absolute Gasteiger partial charge is 0.379 e. The fraction of sp³-hybridized carbons (Fsp3) is 0.800. The van der Waals surface area contributed by atoms with Crippen LogP contribution in [-0.2, 0) is 11.3 Å². The van der Waals surface area contributed by atoms with Gasteiger partial charge in [0.25, 0.3) is 0 Å². The zero-order chi connectivity index (χ0) is 15.5. The summed E-state index contributed by atoms with van der Waals surface area (Å²) < 4.78 is 7.50. The van der Waals surface area contributed by atoms with E-state index in [1.165, 1.54) is 0 Å². The molecule has 0 aromatic carbocycles. The highest BCUT2D eigenvalue weighted by Crippen LogP contribution is 2.37. The Labute approximate surface area is 132 Å². The van der Waals surface area contributed by atoms with E-state index in [0.717, 1.165) is 50.0 Å². The lowest BCUT2D eigenvalue weighted by molar-refractivity contribution is -0.0330. The number of morpholine rings is 1. The van der Waals surface area contributed by atoms with Crippen molar-refractivity contribution in [2.24, 2.45) is 0 Å². The Morgan fingerprint density at radius 3 is 2.62 bits per heavy atom. The SMILES string of the molecule is CCn1ncc(Cl)c1C(NC)C(C)(CC)N1CCOCC1. The average molecular weight is 315 g/mol. The molecule has 2 rings (SSSR count). The minimum atomic E-state index is -0.0187. The summed E-state index contributed by atoms with van der Waals surface area (Å²) in [4.78, 5) is 2.51. The molecule has 5 nitrogen and oxygen atoms in total. The number of nitrogens with one attached hydrogen (secondary N) is 1. The van der Waals surface area contributed by atoms with E-state index >= 15 is 0 Å². The highest BCUT2D eigenvalue weighted by molar-refractivity contribution is 6.31. The van der Waals surface area contributed by atoms with Crippen LogP contribution in [0.25, 0.3) is 0 Å². The molecule has 1 saturated heterocycles. The van der Waals surface area contributed by atoms with Crippen molar-refractivity contribution < 1.29 is 4.74 Å². The van der Waals surface area contributed by atoms with Gasteiger partial charge in [-0.25, -0.2) is 0 Å². The third kappa shape index (κ3) is 3.11. The predicted molar refractivity (Wildman–Crippen MR) is 85.8 cm³/mol. The van der Waals surface area contributed by atoms with Crippen molar-refractivity contribution in [2.45, 2.75) is 45.3 Å². The molecule has 6 heteroatoms. The first-order valence-electron chi connectivity index (χ1n) is 7.79. The molecule has 0 saturated carbocycles. The van der Waals surface area contributed by atoms with Gasteiger partial charge in [0.05, 0.1) is 36.2 Å². The summed E-state index contributed by atoms with van der Waals surface area (Å²) in [5.41, 5.74) is 1.06. The molecule has 21 heavy (non-hydrogen) atoms. The molecule has 1 aliphatic heterocycles. The summed E-state index contributed by atoms with van der Waals surface area (Å²) in [5, 5.41) is 8.62. The van der Waals surface area contributed by atoms with Crippen molar-refractivity contribution in [1.29, 1.82) is 0 Å². The Morgan fingerprint density at radius 2 is 2.10 bits per heavy atom.